The molecule has 0 bridgehead atoms. The number of rotatable bonds is 4. The molecule has 3 rings (SSSR count). The predicted octanol–water partition coefficient (Wildman–Crippen LogP) is 2.09. The molecular weight excluding hydrogens is 354 g/mol. The average Bonchev–Trinajstić information content (AvgIpc) is 3.23. The predicted molar refractivity (Wildman–Crippen MR) is 96.1 cm³/mol. The summed E-state index contributed by atoms with van der Waals surface area (Å²) in [5.74, 6) is 1.13. The van der Waals surface area contributed by atoms with E-state index in [4.69, 9.17) is 16.6 Å². The molecule has 0 unspecified atom stereocenters. The average molecular weight is 367 g/mol. The summed E-state index contributed by atoms with van der Waals surface area (Å²) in [5, 5.41) is 3.39. The molecule has 23 heavy (non-hydrogen) atoms. The van der Waals surface area contributed by atoms with E-state index in [0.29, 0.717) is 20.2 Å². The zero-order valence-electron chi connectivity index (χ0n) is 12.0. The van der Waals surface area contributed by atoms with Crippen LogP contribution in [0.25, 0.3) is 6.08 Å². The SMILES string of the molecule is O=C(CCN1C(=O)/C(=C\c2ccco2)SC1=S)NC1=NCCS1. The molecule has 0 aromatic carbocycles. The highest BCUT2D eigenvalue weighted by molar-refractivity contribution is 8.26. The van der Waals surface area contributed by atoms with Crippen molar-refractivity contribution >= 4 is 63.1 Å². The second-order valence-corrected chi connectivity index (χ2v) is 7.44. The van der Waals surface area contributed by atoms with E-state index in [1.807, 2.05) is 0 Å². The molecule has 9 heteroatoms. The molecule has 1 aromatic heterocycles. The van der Waals surface area contributed by atoms with Gasteiger partial charge >= 0.3 is 0 Å². The van der Waals surface area contributed by atoms with Crippen LogP contribution in [-0.2, 0) is 9.59 Å². The van der Waals surface area contributed by atoms with Crippen LogP contribution in [0.1, 0.15) is 12.2 Å². The minimum absolute atomic E-state index is 0.165. The Balaban J connectivity index is 1.56. The van der Waals surface area contributed by atoms with E-state index in [0.717, 1.165) is 12.3 Å². The van der Waals surface area contributed by atoms with E-state index in [1.54, 1.807) is 24.5 Å². The van der Waals surface area contributed by atoms with Gasteiger partial charge in [0, 0.05) is 24.8 Å². The van der Waals surface area contributed by atoms with Crippen LogP contribution in [0.3, 0.4) is 0 Å². The van der Waals surface area contributed by atoms with Crippen LogP contribution in [0, 0.1) is 0 Å². The van der Waals surface area contributed by atoms with Crippen molar-refractivity contribution in [2.45, 2.75) is 6.42 Å². The number of nitrogens with one attached hydrogen (secondary N) is 1. The van der Waals surface area contributed by atoms with Crippen LogP contribution in [-0.4, -0.2) is 45.0 Å². The first-order valence-electron chi connectivity index (χ1n) is 6.89. The van der Waals surface area contributed by atoms with Gasteiger partial charge in [0.2, 0.25) is 5.91 Å². The van der Waals surface area contributed by atoms with E-state index in [1.165, 1.54) is 28.4 Å². The third-order valence-electron chi connectivity index (χ3n) is 3.08. The quantitative estimate of drug-likeness (QED) is 0.649. The fourth-order valence-corrected chi connectivity index (χ4v) is 4.03. The van der Waals surface area contributed by atoms with E-state index >= 15 is 0 Å². The molecule has 0 spiro atoms. The number of thioether (sulfide) groups is 2. The molecule has 1 fully saturated rings. The van der Waals surface area contributed by atoms with Crippen LogP contribution < -0.4 is 5.32 Å². The van der Waals surface area contributed by atoms with Gasteiger partial charge < -0.3 is 9.73 Å². The molecule has 1 saturated heterocycles. The Bertz CT molecular complexity index is 697. The minimum atomic E-state index is -0.197. The zero-order valence-corrected chi connectivity index (χ0v) is 14.4. The van der Waals surface area contributed by atoms with E-state index in [9.17, 15) is 9.59 Å². The standard InChI is InChI=1S/C14H13N3O3S3/c18-11(16-13-15-4-7-22-13)3-5-17-12(19)10(23-14(17)21)8-9-2-1-6-20-9/h1-2,6,8H,3-5,7H2,(H,15,16,18)/b10-8+. The zero-order chi connectivity index (χ0) is 16.2. The van der Waals surface area contributed by atoms with Crippen molar-refractivity contribution in [1.29, 1.82) is 0 Å². The first-order valence-corrected chi connectivity index (χ1v) is 9.10. The topological polar surface area (TPSA) is 74.9 Å². The Morgan fingerprint density at radius 1 is 1.57 bits per heavy atom. The number of hydrogen-bond donors (Lipinski definition) is 1. The summed E-state index contributed by atoms with van der Waals surface area (Å²) >= 11 is 7.96. The van der Waals surface area contributed by atoms with Crippen LogP contribution in [0.5, 0.6) is 0 Å². The molecule has 1 N–H and O–H groups in total. The highest BCUT2D eigenvalue weighted by atomic mass is 32.2. The Morgan fingerprint density at radius 3 is 3.13 bits per heavy atom. The smallest absolute Gasteiger partial charge is 0.266 e. The first kappa shape index (κ1) is 16.3. The monoisotopic (exact) mass is 367 g/mol. The van der Waals surface area contributed by atoms with Crippen molar-refractivity contribution in [3.8, 4) is 0 Å². The summed E-state index contributed by atoms with van der Waals surface area (Å²) in [6, 6.07) is 3.51. The number of amides is 2. The van der Waals surface area contributed by atoms with Gasteiger partial charge in [0.15, 0.2) is 5.17 Å². The molecular formula is C14H13N3O3S3. The fourth-order valence-electron chi connectivity index (χ4n) is 2.00. The summed E-state index contributed by atoms with van der Waals surface area (Å²) in [4.78, 5) is 30.3. The molecule has 6 nitrogen and oxygen atoms in total. The normalized spacial score (nSPS) is 19.6. The first-order chi connectivity index (χ1) is 11.1. The lowest BCUT2D eigenvalue weighted by Gasteiger charge is -2.13. The van der Waals surface area contributed by atoms with Gasteiger partial charge in [0.1, 0.15) is 10.1 Å². The lowest BCUT2D eigenvalue weighted by molar-refractivity contribution is -0.123. The summed E-state index contributed by atoms with van der Waals surface area (Å²) in [6.45, 7) is 0.983. The third-order valence-corrected chi connectivity index (χ3v) is 5.35. The minimum Gasteiger partial charge on any atom is -0.465 e. The number of carbonyl (C=O) groups is 2. The Hall–Kier alpha value is -1.58. The Kier molecular flexibility index (Phi) is 5.19. The maximum absolute atomic E-state index is 12.3. The summed E-state index contributed by atoms with van der Waals surface area (Å²) in [5.41, 5.74) is 0. The Morgan fingerprint density at radius 2 is 2.43 bits per heavy atom. The van der Waals surface area contributed by atoms with E-state index in [-0.39, 0.29) is 24.8 Å². The number of amidine groups is 1. The van der Waals surface area contributed by atoms with Gasteiger partial charge in [-0.15, -0.1) is 0 Å². The van der Waals surface area contributed by atoms with E-state index in [2.05, 4.69) is 10.3 Å². The van der Waals surface area contributed by atoms with Crippen molar-refractivity contribution in [2.24, 2.45) is 4.99 Å². The third kappa shape index (κ3) is 4.04. The van der Waals surface area contributed by atoms with Crippen molar-refractivity contribution in [3.05, 3.63) is 29.1 Å². The van der Waals surface area contributed by atoms with Crippen LogP contribution >= 0.6 is 35.7 Å². The highest BCUT2D eigenvalue weighted by Crippen LogP contribution is 2.32. The van der Waals surface area contributed by atoms with Gasteiger partial charge in [-0.3, -0.25) is 19.5 Å². The summed E-state index contributed by atoms with van der Waals surface area (Å²) in [7, 11) is 0. The van der Waals surface area contributed by atoms with Crippen LogP contribution in [0.15, 0.2) is 32.7 Å². The molecule has 2 aliphatic heterocycles. The Labute approximate surface area is 146 Å². The van der Waals surface area contributed by atoms with Gasteiger partial charge in [-0.2, -0.15) is 0 Å². The van der Waals surface area contributed by atoms with E-state index < -0.39 is 0 Å². The second-order valence-electron chi connectivity index (χ2n) is 4.68. The van der Waals surface area contributed by atoms with Crippen molar-refractivity contribution in [2.75, 3.05) is 18.8 Å². The molecule has 0 aliphatic carbocycles. The molecule has 2 aliphatic rings. The molecule has 2 amide bonds. The van der Waals surface area contributed by atoms with Crippen molar-refractivity contribution in [1.82, 2.24) is 10.2 Å². The number of nitrogens with zero attached hydrogens (tertiary/aromatic N) is 2. The highest BCUT2D eigenvalue weighted by Gasteiger charge is 2.32. The molecule has 3 heterocycles. The molecule has 0 atom stereocenters. The van der Waals surface area contributed by atoms with Gasteiger partial charge in [0.05, 0.1) is 17.7 Å². The molecule has 0 radical (unpaired) electrons. The molecule has 0 saturated carbocycles. The summed E-state index contributed by atoms with van der Waals surface area (Å²) < 4.78 is 5.66. The molecule has 120 valence electrons. The van der Waals surface area contributed by atoms with Gasteiger partial charge in [-0.25, -0.2) is 0 Å². The van der Waals surface area contributed by atoms with Gasteiger partial charge in [-0.1, -0.05) is 35.7 Å². The van der Waals surface area contributed by atoms with Crippen LogP contribution in [0.2, 0.25) is 0 Å². The number of furan rings is 1. The van der Waals surface area contributed by atoms with Gasteiger partial charge in [0.25, 0.3) is 5.91 Å². The maximum atomic E-state index is 12.3. The number of carbonyl (C=O) groups excluding carboxylic acids is 2. The fraction of sp³-hybridized carbons (Fsp3) is 0.286. The number of thiocarbonyl (C=S) groups is 1. The summed E-state index contributed by atoms with van der Waals surface area (Å²) in [6.07, 6.45) is 3.38. The maximum Gasteiger partial charge on any atom is 0.266 e. The molecule has 1 aromatic rings. The number of hydrogen-bond acceptors (Lipinski definition) is 7. The van der Waals surface area contributed by atoms with Crippen molar-refractivity contribution < 1.29 is 14.0 Å². The number of aliphatic imine (C=N–C) groups is 1. The lowest BCUT2D eigenvalue weighted by atomic mass is 10.3. The van der Waals surface area contributed by atoms with Crippen molar-refractivity contribution in [3.63, 3.8) is 0 Å². The second kappa shape index (κ2) is 7.33. The lowest BCUT2D eigenvalue weighted by Crippen LogP contribution is -2.34. The largest absolute Gasteiger partial charge is 0.465 e. The van der Waals surface area contributed by atoms with Crippen LogP contribution in [0.4, 0.5) is 0 Å². The van der Waals surface area contributed by atoms with Gasteiger partial charge in [-0.05, 0) is 12.1 Å².